The van der Waals surface area contributed by atoms with Gasteiger partial charge in [-0.05, 0) is 12.1 Å². The van der Waals surface area contributed by atoms with Crippen LogP contribution in [0.2, 0.25) is 5.15 Å². The smallest absolute Gasteiger partial charge is 0.332 e. The number of carbonyl (C=O) groups excluding carboxylic acids is 1. The monoisotopic (exact) mass is 304 g/mol. The molecule has 7 nitrogen and oxygen atoms in total. The molecule has 8 heteroatoms. The Balaban J connectivity index is 2.35. The summed E-state index contributed by atoms with van der Waals surface area (Å²) in [5.74, 6) is -0.303. The lowest BCUT2D eigenvalue weighted by Crippen LogP contribution is -2.30. The van der Waals surface area contributed by atoms with E-state index in [0.717, 1.165) is 4.73 Å². The van der Waals surface area contributed by atoms with Crippen molar-refractivity contribution in [3.05, 3.63) is 52.3 Å². The van der Waals surface area contributed by atoms with Crippen LogP contribution in [0.4, 0.5) is 0 Å². The normalized spacial score (nSPS) is 10.8. The molecular weight excluding hydrogens is 296 g/mol. The Morgan fingerprint density at radius 1 is 1.24 bits per heavy atom. The molecular formula is C13H9ClN4O3. The number of para-hydroxylation sites is 2. The van der Waals surface area contributed by atoms with Crippen LogP contribution in [0.25, 0.3) is 16.9 Å². The number of nitrogens with zero attached hydrogens (tertiary/aromatic N) is 4. The number of hydrogen-bond donors (Lipinski definition) is 0. The summed E-state index contributed by atoms with van der Waals surface area (Å²) >= 11 is 5.83. The second-order valence-electron chi connectivity index (χ2n) is 4.18. The zero-order chi connectivity index (χ0) is 15.0. The van der Waals surface area contributed by atoms with Gasteiger partial charge in [-0.15, -0.1) is 4.73 Å². The summed E-state index contributed by atoms with van der Waals surface area (Å²) in [6, 6.07) is 8.33. The van der Waals surface area contributed by atoms with E-state index in [2.05, 4.69) is 9.97 Å². The maximum atomic E-state index is 12.5. The molecule has 0 saturated heterocycles. The summed E-state index contributed by atoms with van der Waals surface area (Å²) in [5.41, 5.74) is 0.437. The number of aromatic nitrogens is 4. The lowest BCUT2D eigenvalue weighted by atomic mass is 10.3. The zero-order valence-corrected chi connectivity index (χ0v) is 11.6. The van der Waals surface area contributed by atoms with E-state index < -0.39 is 11.7 Å². The van der Waals surface area contributed by atoms with Gasteiger partial charge in [-0.2, -0.15) is 0 Å². The molecule has 0 radical (unpaired) electrons. The van der Waals surface area contributed by atoms with Crippen molar-refractivity contribution >= 4 is 28.6 Å². The topological polar surface area (TPSA) is 79.0 Å². The quantitative estimate of drug-likeness (QED) is 0.665. The van der Waals surface area contributed by atoms with Gasteiger partial charge in [0.2, 0.25) is 0 Å². The van der Waals surface area contributed by atoms with E-state index in [4.69, 9.17) is 16.4 Å². The maximum Gasteiger partial charge on any atom is 0.368 e. The Morgan fingerprint density at radius 3 is 2.62 bits per heavy atom. The highest BCUT2D eigenvalue weighted by Crippen LogP contribution is 2.16. The number of rotatable bonds is 2. The number of fused-ring (bicyclic) bond motifs is 1. The molecule has 3 rings (SSSR count). The summed E-state index contributed by atoms with van der Waals surface area (Å²) in [7, 11) is 0. The predicted molar refractivity (Wildman–Crippen MR) is 75.4 cm³/mol. The van der Waals surface area contributed by atoms with Crippen LogP contribution in [-0.2, 0) is 4.79 Å². The number of imidazole rings is 1. The summed E-state index contributed by atoms with van der Waals surface area (Å²) in [5, 5.41) is 0.205. The largest absolute Gasteiger partial charge is 0.368 e. The van der Waals surface area contributed by atoms with Crippen molar-refractivity contribution in [1.82, 2.24) is 19.3 Å². The fourth-order valence-electron chi connectivity index (χ4n) is 2.01. The van der Waals surface area contributed by atoms with Gasteiger partial charge in [-0.1, -0.05) is 23.7 Å². The third kappa shape index (κ3) is 2.27. The van der Waals surface area contributed by atoms with Gasteiger partial charge < -0.3 is 4.84 Å². The van der Waals surface area contributed by atoms with E-state index in [0.29, 0.717) is 16.9 Å². The van der Waals surface area contributed by atoms with Crippen molar-refractivity contribution in [3.8, 4) is 5.82 Å². The molecule has 21 heavy (non-hydrogen) atoms. The average molecular weight is 305 g/mol. The lowest BCUT2D eigenvalue weighted by molar-refractivity contribution is -0.141. The van der Waals surface area contributed by atoms with Gasteiger partial charge in [0.05, 0.1) is 5.52 Å². The zero-order valence-electron chi connectivity index (χ0n) is 10.9. The molecule has 106 valence electrons. The second-order valence-corrected chi connectivity index (χ2v) is 4.57. The maximum absolute atomic E-state index is 12.5. The highest BCUT2D eigenvalue weighted by molar-refractivity contribution is 6.29. The molecule has 0 amide bonds. The van der Waals surface area contributed by atoms with Gasteiger partial charge in [0, 0.05) is 13.0 Å². The van der Waals surface area contributed by atoms with Crippen LogP contribution in [0.3, 0.4) is 0 Å². The summed E-state index contributed by atoms with van der Waals surface area (Å²) in [6.45, 7) is 1.22. The van der Waals surface area contributed by atoms with E-state index in [1.807, 2.05) is 0 Å². The van der Waals surface area contributed by atoms with Crippen molar-refractivity contribution in [2.75, 3.05) is 0 Å². The Bertz CT molecular complexity index is 900. The minimum atomic E-state index is -0.597. The molecule has 0 N–H and O–H groups in total. The van der Waals surface area contributed by atoms with E-state index in [1.54, 1.807) is 24.3 Å². The molecule has 0 atom stereocenters. The van der Waals surface area contributed by atoms with Gasteiger partial charge in [0.15, 0.2) is 0 Å². The number of halogens is 1. The van der Waals surface area contributed by atoms with Crippen LogP contribution in [0.15, 0.2) is 41.5 Å². The number of benzene rings is 1. The Labute approximate surface area is 123 Å². The molecule has 0 bridgehead atoms. The predicted octanol–water partition coefficient (Wildman–Crippen LogP) is 1.21. The van der Waals surface area contributed by atoms with E-state index in [-0.39, 0.29) is 5.15 Å². The van der Waals surface area contributed by atoms with Gasteiger partial charge in [0.25, 0.3) is 0 Å². The highest BCUT2D eigenvalue weighted by Gasteiger charge is 2.17. The first-order chi connectivity index (χ1) is 10.1. The minimum absolute atomic E-state index is 0.205. The Kier molecular flexibility index (Phi) is 3.19. The molecule has 3 aromatic rings. The van der Waals surface area contributed by atoms with Crippen LogP contribution in [0.1, 0.15) is 6.92 Å². The molecule has 1 aromatic carbocycles. The molecule has 0 aliphatic rings. The van der Waals surface area contributed by atoms with Crippen molar-refractivity contribution in [1.29, 1.82) is 0 Å². The van der Waals surface area contributed by atoms with E-state index >= 15 is 0 Å². The molecule has 0 unspecified atom stereocenters. The minimum Gasteiger partial charge on any atom is -0.332 e. The SMILES string of the molecule is CC(=O)On1c(=O)n(-c2cc(Cl)ncn2)c2ccccc21. The van der Waals surface area contributed by atoms with Crippen LogP contribution in [0.5, 0.6) is 0 Å². The molecule has 0 saturated carbocycles. The van der Waals surface area contributed by atoms with Gasteiger partial charge in [0.1, 0.15) is 22.8 Å². The standard InChI is InChI=1S/C13H9ClN4O3/c1-8(19)21-18-10-5-3-2-4-9(10)17(13(18)20)12-6-11(14)15-7-16-12/h2-7H,1H3. The summed E-state index contributed by atoms with van der Waals surface area (Å²) < 4.78 is 2.22. The second kappa shape index (κ2) is 5.02. The first-order valence-electron chi connectivity index (χ1n) is 5.97. The lowest BCUT2D eigenvalue weighted by Gasteiger charge is -2.01. The molecule has 0 aliphatic heterocycles. The van der Waals surface area contributed by atoms with Crippen LogP contribution < -0.4 is 10.5 Å². The fraction of sp³-hybridized carbons (Fsp3) is 0.0769. The molecule has 0 aliphatic carbocycles. The van der Waals surface area contributed by atoms with E-state index in [1.165, 1.54) is 23.9 Å². The van der Waals surface area contributed by atoms with E-state index in [9.17, 15) is 9.59 Å². The first kappa shape index (κ1) is 13.3. The highest BCUT2D eigenvalue weighted by atomic mass is 35.5. The molecule has 0 fully saturated rings. The summed E-state index contributed by atoms with van der Waals surface area (Å²) in [6.07, 6.45) is 1.25. The third-order valence-electron chi connectivity index (χ3n) is 2.77. The van der Waals surface area contributed by atoms with Crippen LogP contribution in [-0.4, -0.2) is 25.2 Å². The summed E-state index contributed by atoms with van der Waals surface area (Å²) in [4.78, 5) is 36.4. The number of carbonyl (C=O) groups is 1. The van der Waals surface area contributed by atoms with Crippen LogP contribution in [0, 0.1) is 0 Å². The Hall–Kier alpha value is -2.67. The van der Waals surface area contributed by atoms with Crippen LogP contribution >= 0.6 is 11.6 Å². The molecule has 0 spiro atoms. The van der Waals surface area contributed by atoms with Gasteiger partial charge in [-0.3, -0.25) is 0 Å². The first-order valence-corrected chi connectivity index (χ1v) is 6.35. The average Bonchev–Trinajstić information content (AvgIpc) is 2.71. The van der Waals surface area contributed by atoms with Crippen molar-refractivity contribution < 1.29 is 9.63 Å². The van der Waals surface area contributed by atoms with Crippen molar-refractivity contribution in [2.24, 2.45) is 0 Å². The van der Waals surface area contributed by atoms with Gasteiger partial charge in [-0.25, -0.2) is 24.1 Å². The molecule has 2 aromatic heterocycles. The fourth-order valence-corrected chi connectivity index (χ4v) is 2.15. The van der Waals surface area contributed by atoms with Crippen molar-refractivity contribution in [3.63, 3.8) is 0 Å². The van der Waals surface area contributed by atoms with Gasteiger partial charge >= 0.3 is 11.7 Å². The molecule has 2 heterocycles. The van der Waals surface area contributed by atoms with Crippen molar-refractivity contribution in [2.45, 2.75) is 6.92 Å². The third-order valence-corrected chi connectivity index (χ3v) is 2.98. The number of hydrogen-bond acceptors (Lipinski definition) is 5. The Morgan fingerprint density at radius 2 is 1.95 bits per heavy atom.